The highest BCUT2D eigenvalue weighted by Gasteiger charge is 2.38. The van der Waals surface area contributed by atoms with Gasteiger partial charge in [-0.25, -0.2) is 0 Å². The van der Waals surface area contributed by atoms with Crippen LogP contribution < -0.4 is 4.74 Å². The Labute approximate surface area is 177 Å². The monoisotopic (exact) mass is 430 g/mol. The number of methoxy groups -OCH3 is 3. The Morgan fingerprint density at radius 2 is 1.50 bits per heavy atom. The van der Waals surface area contributed by atoms with Gasteiger partial charge in [0.2, 0.25) is 0 Å². The predicted molar refractivity (Wildman–Crippen MR) is 115 cm³/mol. The maximum absolute atomic E-state index is 11.3. The first-order chi connectivity index (χ1) is 14.2. The van der Waals surface area contributed by atoms with Crippen LogP contribution in [-0.2, 0) is 31.8 Å². The van der Waals surface area contributed by atoms with Gasteiger partial charge in [0.05, 0.1) is 12.0 Å². The summed E-state index contributed by atoms with van der Waals surface area (Å²) in [4.78, 5) is -0.131. The summed E-state index contributed by atoms with van der Waals surface area (Å²) in [5.74, 6) is -0.294. The molecule has 0 amide bonds. The summed E-state index contributed by atoms with van der Waals surface area (Å²) in [5, 5.41) is 2.09. The highest BCUT2D eigenvalue weighted by Crippen LogP contribution is 2.38. The number of benzene rings is 3. The van der Waals surface area contributed by atoms with Gasteiger partial charge in [-0.3, -0.25) is 4.55 Å². The molecule has 3 rings (SSSR count). The maximum Gasteiger partial charge on any atom is 0.294 e. The van der Waals surface area contributed by atoms with E-state index in [0.29, 0.717) is 6.42 Å². The molecule has 0 saturated heterocycles. The zero-order valence-electron chi connectivity index (χ0n) is 17.5. The van der Waals surface area contributed by atoms with E-state index in [1.54, 1.807) is 33.5 Å². The molecule has 0 fully saturated rings. The van der Waals surface area contributed by atoms with Crippen LogP contribution in [0.5, 0.6) is 5.75 Å². The zero-order chi connectivity index (χ0) is 21.9. The number of hydrogen-bond acceptors (Lipinski definition) is 5. The van der Waals surface area contributed by atoms with Crippen molar-refractivity contribution < 1.29 is 27.2 Å². The van der Waals surface area contributed by atoms with Gasteiger partial charge in [-0.1, -0.05) is 37.3 Å². The molecular weight excluding hydrogens is 404 g/mol. The third kappa shape index (κ3) is 4.34. The summed E-state index contributed by atoms with van der Waals surface area (Å²) in [6.45, 7) is 2.02. The van der Waals surface area contributed by atoms with Crippen molar-refractivity contribution in [2.45, 2.75) is 24.0 Å². The quantitative estimate of drug-likeness (QED) is 0.421. The lowest BCUT2D eigenvalue weighted by Crippen LogP contribution is -2.39. The average Bonchev–Trinajstić information content (AvgIpc) is 2.74. The van der Waals surface area contributed by atoms with Crippen molar-refractivity contribution in [2.75, 3.05) is 21.3 Å². The molecule has 0 unspecified atom stereocenters. The van der Waals surface area contributed by atoms with Crippen molar-refractivity contribution in [3.05, 3.63) is 71.8 Å². The van der Waals surface area contributed by atoms with Crippen LogP contribution in [0.3, 0.4) is 0 Å². The van der Waals surface area contributed by atoms with Crippen LogP contribution in [0.2, 0.25) is 0 Å². The molecule has 0 aliphatic carbocycles. The molecule has 0 aromatic heterocycles. The Hall–Kier alpha value is -2.45. The van der Waals surface area contributed by atoms with Crippen molar-refractivity contribution in [1.82, 2.24) is 0 Å². The highest BCUT2D eigenvalue weighted by molar-refractivity contribution is 7.85. The van der Waals surface area contributed by atoms with Crippen LogP contribution >= 0.6 is 0 Å². The molecule has 160 valence electrons. The molecule has 30 heavy (non-hydrogen) atoms. The van der Waals surface area contributed by atoms with Gasteiger partial charge >= 0.3 is 0 Å². The van der Waals surface area contributed by atoms with Crippen molar-refractivity contribution in [1.29, 1.82) is 0 Å². The number of hydrogen-bond donors (Lipinski definition) is 1. The van der Waals surface area contributed by atoms with E-state index in [4.69, 9.17) is 18.8 Å². The highest BCUT2D eigenvalue weighted by atomic mass is 32.2. The smallest absolute Gasteiger partial charge is 0.294 e. The fraction of sp³-hybridized carbons (Fsp3) is 0.304. The fourth-order valence-corrected chi connectivity index (χ4v) is 4.34. The Balaban J connectivity index is 1.93. The number of fused-ring (bicyclic) bond motifs is 1. The summed E-state index contributed by atoms with van der Waals surface area (Å²) in [5.41, 5.74) is 1.78. The molecule has 7 heteroatoms. The van der Waals surface area contributed by atoms with Crippen molar-refractivity contribution in [3.8, 4) is 5.75 Å². The molecule has 3 aromatic rings. The Morgan fingerprint density at radius 3 is 2.07 bits per heavy atom. The van der Waals surface area contributed by atoms with E-state index >= 15 is 0 Å². The standard InChI is InChI=1S/C23H26O6S/c1-16(13-17-5-11-22(12-6-17)30(24,25)26)23(28-3,29-4)20-9-7-19-15-21(27-2)10-8-18(19)14-20/h5-12,14-16H,13H2,1-4H3,(H,24,25,26)/t16-/m0/s1. The molecule has 0 aliphatic rings. The molecule has 0 radical (unpaired) electrons. The van der Waals surface area contributed by atoms with Crippen LogP contribution in [0.25, 0.3) is 10.8 Å². The fourth-order valence-electron chi connectivity index (χ4n) is 3.86. The zero-order valence-corrected chi connectivity index (χ0v) is 18.3. The summed E-state index contributed by atoms with van der Waals surface area (Å²) in [6, 6.07) is 18.1. The van der Waals surface area contributed by atoms with E-state index in [1.165, 1.54) is 12.1 Å². The lowest BCUT2D eigenvalue weighted by molar-refractivity contribution is -0.246. The van der Waals surface area contributed by atoms with E-state index in [1.807, 2.05) is 43.3 Å². The van der Waals surface area contributed by atoms with Gasteiger partial charge < -0.3 is 14.2 Å². The number of rotatable bonds is 8. The number of ether oxygens (including phenoxy) is 3. The van der Waals surface area contributed by atoms with E-state index < -0.39 is 15.9 Å². The summed E-state index contributed by atoms with van der Waals surface area (Å²) < 4.78 is 48.8. The molecule has 3 aromatic carbocycles. The SMILES string of the molecule is COc1ccc2cc(C(OC)(OC)[C@@H](C)Cc3ccc(S(=O)(=O)O)cc3)ccc2c1. The molecule has 0 heterocycles. The molecule has 1 N–H and O–H groups in total. The molecule has 6 nitrogen and oxygen atoms in total. The van der Waals surface area contributed by atoms with E-state index in [-0.39, 0.29) is 10.8 Å². The van der Waals surface area contributed by atoms with Crippen molar-refractivity contribution >= 4 is 20.9 Å². The average molecular weight is 431 g/mol. The van der Waals surface area contributed by atoms with E-state index in [2.05, 4.69) is 0 Å². The molecule has 0 aliphatic heterocycles. The third-order valence-electron chi connectivity index (χ3n) is 5.47. The van der Waals surface area contributed by atoms with Crippen LogP contribution in [0, 0.1) is 5.92 Å². The molecule has 0 saturated carbocycles. The van der Waals surface area contributed by atoms with Gasteiger partial charge in [-0.05, 0) is 53.1 Å². The lowest BCUT2D eigenvalue weighted by atomic mass is 9.86. The first-order valence-corrected chi connectivity index (χ1v) is 10.9. The normalized spacial score (nSPS) is 13.4. The van der Waals surface area contributed by atoms with Crippen molar-refractivity contribution in [3.63, 3.8) is 0 Å². The third-order valence-corrected chi connectivity index (χ3v) is 6.34. The summed E-state index contributed by atoms with van der Waals surface area (Å²) in [7, 11) is 0.648. The summed E-state index contributed by atoms with van der Waals surface area (Å²) >= 11 is 0. The maximum atomic E-state index is 11.3. The molecular formula is C23H26O6S. The van der Waals surface area contributed by atoms with E-state index in [0.717, 1.165) is 27.6 Å². The summed E-state index contributed by atoms with van der Waals surface area (Å²) in [6.07, 6.45) is 0.577. The van der Waals surface area contributed by atoms with Crippen LogP contribution in [0.1, 0.15) is 18.1 Å². The first-order valence-electron chi connectivity index (χ1n) is 9.48. The van der Waals surface area contributed by atoms with Crippen LogP contribution in [0.15, 0.2) is 65.6 Å². The molecule has 0 bridgehead atoms. The second kappa shape index (κ2) is 8.73. The largest absolute Gasteiger partial charge is 0.497 e. The second-order valence-corrected chi connectivity index (χ2v) is 8.65. The predicted octanol–water partition coefficient (Wildman–Crippen LogP) is 4.42. The lowest BCUT2D eigenvalue weighted by Gasteiger charge is -2.37. The van der Waals surface area contributed by atoms with Gasteiger partial charge in [0, 0.05) is 25.7 Å². The molecule has 1 atom stereocenters. The van der Waals surface area contributed by atoms with Crippen molar-refractivity contribution in [2.24, 2.45) is 5.92 Å². The van der Waals surface area contributed by atoms with Crippen LogP contribution in [0.4, 0.5) is 0 Å². The van der Waals surface area contributed by atoms with Gasteiger partial charge in [0.15, 0.2) is 5.79 Å². The second-order valence-electron chi connectivity index (χ2n) is 7.23. The van der Waals surface area contributed by atoms with Crippen LogP contribution in [-0.4, -0.2) is 34.3 Å². The Bertz CT molecular complexity index is 1120. The van der Waals surface area contributed by atoms with Gasteiger partial charge in [-0.15, -0.1) is 0 Å². The topological polar surface area (TPSA) is 82.1 Å². The Morgan fingerprint density at radius 1 is 0.900 bits per heavy atom. The van der Waals surface area contributed by atoms with Gasteiger partial charge in [0.25, 0.3) is 10.1 Å². The minimum atomic E-state index is -4.21. The molecule has 0 spiro atoms. The first kappa shape index (κ1) is 22.2. The minimum absolute atomic E-state index is 0.0974. The minimum Gasteiger partial charge on any atom is -0.497 e. The van der Waals surface area contributed by atoms with E-state index in [9.17, 15) is 8.42 Å². The van der Waals surface area contributed by atoms with Gasteiger partial charge in [0.1, 0.15) is 5.75 Å². The Kier molecular flexibility index (Phi) is 6.47. The van der Waals surface area contributed by atoms with Gasteiger partial charge in [-0.2, -0.15) is 8.42 Å².